The molecular formula is C12H20F3N5O. The summed E-state index contributed by atoms with van der Waals surface area (Å²) in [4.78, 5) is 12.2. The molecule has 1 rings (SSSR count). The van der Waals surface area contributed by atoms with Crippen molar-refractivity contribution in [1.29, 1.82) is 0 Å². The van der Waals surface area contributed by atoms with Crippen LogP contribution in [-0.4, -0.2) is 40.8 Å². The van der Waals surface area contributed by atoms with Gasteiger partial charge in [-0.2, -0.15) is 28.1 Å². The molecule has 0 radical (unpaired) electrons. The second-order valence-corrected chi connectivity index (χ2v) is 4.23. The number of hydrogen-bond acceptors (Lipinski definition) is 6. The van der Waals surface area contributed by atoms with Gasteiger partial charge < -0.3 is 15.4 Å². The number of anilines is 2. The number of halogens is 3. The number of alkyl halides is 3. The first kappa shape index (κ1) is 17.3. The average molecular weight is 307 g/mol. The van der Waals surface area contributed by atoms with Gasteiger partial charge in [0.25, 0.3) is 0 Å². The summed E-state index contributed by atoms with van der Waals surface area (Å²) in [6.45, 7) is 5.12. The summed E-state index contributed by atoms with van der Waals surface area (Å²) in [6, 6.07) is 0.182. The average Bonchev–Trinajstić information content (AvgIpc) is 2.37. The molecule has 1 heterocycles. The van der Waals surface area contributed by atoms with Gasteiger partial charge in [0.05, 0.1) is 6.61 Å². The van der Waals surface area contributed by atoms with Crippen LogP contribution in [0.2, 0.25) is 0 Å². The van der Waals surface area contributed by atoms with Gasteiger partial charge in [-0.05, 0) is 26.7 Å². The Bertz CT molecular complexity index is 404. The van der Waals surface area contributed by atoms with E-state index in [0.717, 1.165) is 0 Å². The molecule has 1 aromatic heterocycles. The first-order valence-corrected chi connectivity index (χ1v) is 6.88. The molecule has 0 spiro atoms. The normalized spacial score (nSPS) is 11.3. The van der Waals surface area contributed by atoms with Gasteiger partial charge in [0.2, 0.25) is 11.9 Å². The lowest BCUT2D eigenvalue weighted by Gasteiger charge is -2.09. The van der Waals surface area contributed by atoms with E-state index in [9.17, 15) is 13.2 Å². The standard InChI is InChI=1S/C12H20F3N5O/c1-3-16-9-18-10(20-11(19-9)21-4-2)17-8-6-5-7-12(13,14)15/h3-8H2,1-2H3,(H2,16,17,18,19,20). The third kappa shape index (κ3) is 7.52. The Morgan fingerprint density at radius 3 is 2.24 bits per heavy atom. The van der Waals surface area contributed by atoms with Crippen molar-refractivity contribution in [2.75, 3.05) is 30.3 Å². The molecule has 0 bridgehead atoms. The lowest BCUT2D eigenvalue weighted by atomic mass is 10.2. The van der Waals surface area contributed by atoms with E-state index >= 15 is 0 Å². The maximum atomic E-state index is 12.0. The highest BCUT2D eigenvalue weighted by Gasteiger charge is 2.25. The number of ether oxygens (including phenoxy) is 1. The molecule has 120 valence electrons. The van der Waals surface area contributed by atoms with Gasteiger partial charge in [-0.15, -0.1) is 0 Å². The molecule has 0 saturated carbocycles. The van der Waals surface area contributed by atoms with E-state index in [1.807, 2.05) is 6.92 Å². The van der Waals surface area contributed by atoms with E-state index < -0.39 is 12.6 Å². The molecule has 0 amide bonds. The minimum atomic E-state index is -4.10. The topological polar surface area (TPSA) is 72.0 Å². The Morgan fingerprint density at radius 2 is 1.67 bits per heavy atom. The molecule has 0 aliphatic rings. The lowest BCUT2D eigenvalue weighted by molar-refractivity contribution is -0.135. The summed E-state index contributed by atoms with van der Waals surface area (Å²) < 4.78 is 41.2. The Balaban J connectivity index is 2.49. The molecular weight excluding hydrogens is 287 g/mol. The van der Waals surface area contributed by atoms with Crippen LogP contribution < -0.4 is 15.4 Å². The Kier molecular flexibility index (Phi) is 6.97. The first-order chi connectivity index (χ1) is 9.94. The second-order valence-electron chi connectivity index (χ2n) is 4.23. The molecule has 0 atom stereocenters. The van der Waals surface area contributed by atoms with Crippen molar-refractivity contribution >= 4 is 11.9 Å². The minimum absolute atomic E-state index is 0.0694. The molecule has 6 nitrogen and oxygen atoms in total. The molecule has 2 N–H and O–H groups in total. The molecule has 0 aromatic carbocycles. The molecule has 0 aliphatic heterocycles. The fourth-order valence-electron chi connectivity index (χ4n) is 1.52. The van der Waals surface area contributed by atoms with Crippen LogP contribution in [0.25, 0.3) is 0 Å². The quantitative estimate of drug-likeness (QED) is 0.684. The maximum Gasteiger partial charge on any atom is 0.389 e. The zero-order valence-corrected chi connectivity index (χ0v) is 12.1. The molecule has 21 heavy (non-hydrogen) atoms. The zero-order valence-electron chi connectivity index (χ0n) is 12.1. The minimum Gasteiger partial charge on any atom is -0.464 e. The fourth-order valence-corrected chi connectivity index (χ4v) is 1.52. The predicted octanol–water partition coefficient (Wildman–Crippen LogP) is 2.85. The number of aromatic nitrogens is 3. The zero-order chi connectivity index (χ0) is 15.7. The number of hydrogen-bond donors (Lipinski definition) is 2. The van der Waals surface area contributed by atoms with Crippen molar-refractivity contribution in [2.24, 2.45) is 0 Å². The third-order valence-electron chi connectivity index (χ3n) is 2.39. The summed E-state index contributed by atoms with van der Waals surface area (Å²) in [5.74, 6) is 0.658. The van der Waals surface area contributed by atoms with E-state index in [1.54, 1.807) is 6.92 Å². The smallest absolute Gasteiger partial charge is 0.389 e. The van der Waals surface area contributed by atoms with Gasteiger partial charge in [0.1, 0.15) is 0 Å². The molecule has 1 aromatic rings. The van der Waals surface area contributed by atoms with Gasteiger partial charge >= 0.3 is 12.2 Å². The predicted molar refractivity (Wildman–Crippen MR) is 73.6 cm³/mol. The molecule has 0 unspecified atom stereocenters. The summed E-state index contributed by atoms with van der Waals surface area (Å²) in [5.41, 5.74) is 0. The van der Waals surface area contributed by atoms with Crippen LogP contribution in [0.15, 0.2) is 0 Å². The molecule has 0 aliphatic carbocycles. The molecule has 0 saturated heterocycles. The van der Waals surface area contributed by atoms with Crippen molar-refractivity contribution in [3.8, 4) is 6.01 Å². The first-order valence-electron chi connectivity index (χ1n) is 6.88. The SMILES string of the molecule is CCNc1nc(NCCCCC(F)(F)F)nc(OCC)n1. The van der Waals surface area contributed by atoms with Crippen LogP contribution in [0.3, 0.4) is 0 Å². The summed E-state index contributed by atoms with van der Waals surface area (Å²) >= 11 is 0. The largest absolute Gasteiger partial charge is 0.464 e. The monoisotopic (exact) mass is 307 g/mol. The lowest BCUT2D eigenvalue weighted by Crippen LogP contribution is -2.12. The summed E-state index contributed by atoms with van der Waals surface area (Å²) in [5, 5.41) is 5.82. The van der Waals surface area contributed by atoms with E-state index in [1.165, 1.54) is 0 Å². The summed E-state index contributed by atoms with van der Waals surface area (Å²) in [7, 11) is 0. The number of rotatable bonds is 9. The van der Waals surface area contributed by atoms with Crippen LogP contribution in [-0.2, 0) is 0 Å². The van der Waals surface area contributed by atoms with E-state index in [-0.39, 0.29) is 18.4 Å². The van der Waals surface area contributed by atoms with Gasteiger partial charge in [-0.1, -0.05) is 0 Å². The van der Waals surface area contributed by atoms with E-state index in [0.29, 0.717) is 32.1 Å². The Labute approximate surface area is 121 Å². The highest BCUT2D eigenvalue weighted by molar-refractivity contribution is 5.35. The van der Waals surface area contributed by atoms with Crippen LogP contribution >= 0.6 is 0 Å². The van der Waals surface area contributed by atoms with Crippen molar-refractivity contribution in [3.63, 3.8) is 0 Å². The molecule has 0 fully saturated rings. The van der Waals surface area contributed by atoms with Crippen molar-refractivity contribution in [2.45, 2.75) is 39.3 Å². The fraction of sp³-hybridized carbons (Fsp3) is 0.750. The van der Waals surface area contributed by atoms with Crippen molar-refractivity contribution in [3.05, 3.63) is 0 Å². The van der Waals surface area contributed by atoms with E-state index in [4.69, 9.17) is 4.74 Å². The van der Waals surface area contributed by atoms with Gasteiger partial charge in [0.15, 0.2) is 0 Å². The maximum absolute atomic E-state index is 12.0. The Hall–Kier alpha value is -1.80. The van der Waals surface area contributed by atoms with Crippen molar-refractivity contribution in [1.82, 2.24) is 15.0 Å². The van der Waals surface area contributed by atoms with Crippen molar-refractivity contribution < 1.29 is 17.9 Å². The Morgan fingerprint density at radius 1 is 1.00 bits per heavy atom. The van der Waals surface area contributed by atoms with E-state index in [2.05, 4.69) is 25.6 Å². The number of unbranched alkanes of at least 4 members (excludes halogenated alkanes) is 1. The number of nitrogens with one attached hydrogen (secondary N) is 2. The van der Waals surface area contributed by atoms with Crippen LogP contribution in [0.1, 0.15) is 33.1 Å². The third-order valence-corrected chi connectivity index (χ3v) is 2.39. The molecule has 9 heteroatoms. The highest BCUT2D eigenvalue weighted by Crippen LogP contribution is 2.22. The highest BCUT2D eigenvalue weighted by atomic mass is 19.4. The van der Waals surface area contributed by atoms with Crippen LogP contribution in [0.4, 0.5) is 25.1 Å². The van der Waals surface area contributed by atoms with Gasteiger partial charge in [0, 0.05) is 19.5 Å². The number of nitrogens with zero attached hydrogens (tertiary/aromatic N) is 3. The summed E-state index contributed by atoms with van der Waals surface area (Å²) in [6.07, 6.45) is -4.43. The second kappa shape index (κ2) is 8.48. The van der Waals surface area contributed by atoms with Crippen LogP contribution in [0.5, 0.6) is 6.01 Å². The van der Waals surface area contributed by atoms with Crippen LogP contribution in [0, 0.1) is 0 Å². The van der Waals surface area contributed by atoms with Gasteiger partial charge in [-0.3, -0.25) is 0 Å². The van der Waals surface area contributed by atoms with Gasteiger partial charge in [-0.25, -0.2) is 0 Å².